The molecule has 17 heavy (non-hydrogen) atoms. The van der Waals surface area contributed by atoms with Gasteiger partial charge in [0.05, 0.1) is 11.0 Å². The van der Waals surface area contributed by atoms with Gasteiger partial charge in [-0.25, -0.2) is 4.98 Å². The number of hydrogen-bond acceptors (Lipinski definition) is 2. The van der Waals surface area contributed by atoms with Crippen LogP contribution in [-0.2, 0) is 13.5 Å². The van der Waals surface area contributed by atoms with Crippen molar-refractivity contribution in [2.45, 2.75) is 17.9 Å². The zero-order valence-electron chi connectivity index (χ0n) is 9.07. The van der Waals surface area contributed by atoms with E-state index in [-0.39, 0.29) is 6.42 Å². The van der Waals surface area contributed by atoms with Gasteiger partial charge < -0.3 is 9.67 Å². The summed E-state index contributed by atoms with van der Waals surface area (Å²) in [4.78, 5) is 4.18. The Morgan fingerprint density at radius 3 is 2.71 bits per heavy atom. The Morgan fingerprint density at radius 2 is 2.12 bits per heavy atom. The average Bonchev–Trinajstić information content (AvgIpc) is 2.55. The number of para-hydroxylation sites is 2. The number of aliphatic hydroxyl groups excluding tert-OH is 1. The van der Waals surface area contributed by atoms with Crippen LogP contribution in [-0.4, -0.2) is 26.1 Å². The van der Waals surface area contributed by atoms with Crippen LogP contribution in [0.2, 0.25) is 0 Å². The van der Waals surface area contributed by atoms with E-state index >= 15 is 0 Å². The van der Waals surface area contributed by atoms with Crippen molar-refractivity contribution in [1.29, 1.82) is 0 Å². The molecule has 0 bridgehead atoms. The smallest absolute Gasteiger partial charge is 0.347 e. The Kier molecular flexibility index (Phi) is 3.05. The Hall–Kier alpha value is -1.20. The van der Waals surface area contributed by atoms with Crippen molar-refractivity contribution in [2.24, 2.45) is 7.05 Å². The topological polar surface area (TPSA) is 38.0 Å². The highest BCUT2D eigenvalue weighted by Gasteiger charge is 2.36. The molecule has 1 heterocycles. The van der Waals surface area contributed by atoms with E-state index in [1.807, 2.05) is 18.2 Å². The van der Waals surface area contributed by atoms with Gasteiger partial charge in [-0.3, -0.25) is 0 Å². The summed E-state index contributed by atoms with van der Waals surface area (Å²) in [5, 5.41) is 5.61. The Bertz CT molecular complexity index is 536. The Balaban J connectivity index is 2.34. The first-order valence-electron chi connectivity index (χ1n) is 5.04. The Morgan fingerprint density at radius 1 is 1.47 bits per heavy atom. The lowest BCUT2D eigenvalue weighted by molar-refractivity contribution is -0.0408. The zero-order valence-corrected chi connectivity index (χ0v) is 9.83. The first-order chi connectivity index (χ1) is 7.89. The van der Waals surface area contributed by atoms with Crippen LogP contribution in [0.15, 0.2) is 24.3 Å². The molecule has 0 aliphatic heterocycles. The number of fused-ring (bicyclic) bond motifs is 1. The maximum atomic E-state index is 12.7. The van der Waals surface area contributed by atoms with E-state index in [0.717, 1.165) is 5.52 Å². The van der Waals surface area contributed by atoms with Gasteiger partial charge in [-0.2, -0.15) is 8.78 Å². The number of alkyl halides is 3. The molecular formula is C11H11ClF2N2O. The summed E-state index contributed by atoms with van der Waals surface area (Å²) >= 11 is 4.76. The molecule has 2 aromatic rings. The minimum Gasteiger partial charge on any atom is -0.385 e. The predicted molar refractivity (Wildman–Crippen MR) is 61.2 cm³/mol. The lowest BCUT2D eigenvalue weighted by atomic mass is 10.2. The number of halogens is 3. The maximum Gasteiger partial charge on any atom is 0.347 e. The number of benzene rings is 1. The molecule has 6 heteroatoms. The third-order valence-electron chi connectivity index (χ3n) is 2.63. The van der Waals surface area contributed by atoms with Crippen molar-refractivity contribution in [2.75, 3.05) is 0 Å². The largest absolute Gasteiger partial charge is 0.385 e. The quantitative estimate of drug-likeness (QED) is 0.860. The fraction of sp³-hybridized carbons (Fsp3) is 0.364. The highest BCUT2D eigenvalue weighted by molar-refractivity contribution is 6.22. The van der Waals surface area contributed by atoms with Crippen molar-refractivity contribution >= 4 is 22.6 Å². The number of nitrogens with zero attached hydrogens (tertiary/aromatic N) is 2. The molecule has 1 atom stereocenters. The summed E-state index contributed by atoms with van der Waals surface area (Å²) < 4.78 is 27.0. The van der Waals surface area contributed by atoms with Crippen LogP contribution in [0.1, 0.15) is 5.82 Å². The second-order valence-electron chi connectivity index (χ2n) is 3.84. The second-order valence-corrected chi connectivity index (χ2v) is 4.34. The lowest BCUT2D eigenvalue weighted by Crippen LogP contribution is -2.30. The lowest BCUT2D eigenvalue weighted by Gasteiger charge is -2.15. The maximum absolute atomic E-state index is 12.7. The third-order valence-corrected chi connectivity index (χ3v) is 2.89. The molecule has 0 radical (unpaired) electrons. The van der Waals surface area contributed by atoms with Crippen LogP contribution in [0.25, 0.3) is 11.0 Å². The standard InChI is InChI=1S/C11H11ClF2N2O/c1-16-8-5-3-2-4-7(8)15-10(16)6-9(17)11(12,13)14/h2-5,9,17H,6H2,1H3. The van der Waals surface area contributed by atoms with Crippen molar-refractivity contribution in [3.63, 3.8) is 0 Å². The van der Waals surface area contributed by atoms with E-state index in [1.54, 1.807) is 17.7 Å². The van der Waals surface area contributed by atoms with Gasteiger partial charge in [0, 0.05) is 13.5 Å². The summed E-state index contributed by atoms with van der Waals surface area (Å²) in [7, 11) is 1.71. The first kappa shape index (κ1) is 12.3. The molecule has 0 fully saturated rings. The molecule has 0 saturated heterocycles. The van der Waals surface area contributed by atoms with E-state index in [0.29, 0.717) is 11.3 Å². The highest BCUT2D eigenvalue weighted by atomic mass is 35.5. The van der Waals surface area contributed by atoms with E-state index in [4.69, 9.17) is 11.6 Å². The fourth-order valence-corrected chi connectivity index (χ4v) is 1.74. The van der Waals surface area contributed by atoms with Crippen LogP contribution in [0.5, 0.6) is 0 Å². The molecular weight excluding hydrogens is 250 g/mol. The van der Waals surface area contributed by atoms with E-state index in [2.05, 4.69) is 4.98 Å². The molecule has 0 saturated carbocycles. The molecule has 1 unspecified atom stereocenters. The summed E-state index contributed by atoms with van der Waals surface area (Å²) in [6.07, 6.45) is -2.23. The van der Waals surface area contributed by atoms with Crippen molar-refractivity contribution in [1.82, 2.24) is 9.55 Å². The predicted octanol–water partition coefficient (Wildman–Crippen LogP) is 2.31. The molecule has 1 N–H and O–H groups in total. The van der Waals surface area contributed by atoms with Gasteiger partial charge in [-0.15, -0.1) is 0 Å². The molecule has 92 valence electrons. The normalized spacial score (nSPS) is 14.2. The van der Waals surface area contributed by atoms with Gasteiger partial charge >= 0.3 is 5.38 Å². The summed E-state index contributed by atoms with van der Waals surface area (Å²) in [5.74, 6) is 0.374. The van der Waals surface area contributed by atoms with Gasteiger partial charge in [0.25, 0.3) is 0 Å². The number of aliphatic hydroxyl groups is 1. The molecule has 1 aromatic carbocycles. The molecule has 0 amide bonds. The van der Waals surface area contributed by atoms with Crippen LogP contribution in [0.3, 0.4) is 0 Å². The number of hydrogen-bond donors (Lipinski definition) is 1. The molecule has 2 rings (SSSR count). The molecule has 0 aliphatic rings. The molecule has 0 spiro atoms. The molecule has 1 aromatic heterocycles. The van der Waals surface area contributed by atoms with Gasteiger partial charge in [0.2, 0.25) is 0 Å². The van der Waals surface area contributed by atoms with E-state index in [1.165, 1.54) is 0 Å². The zero-order chi connectivity index (χ0) is 12.6. The summed E-state index contributed by atoms with van der Waals surface area (Å²) in [5.41, 5.74) is 1.53. The summed E-state index contributed by atoms with van der Waals surface area (Å²) in [6, 6.07) is 7.26. The highest BCUT2D eigenvalue weighted by Crippen LogP contribution is 2.26. The number of imidazole rings is 1. The van der Waals surface area contributed by atoms with E-state index < -0.39 is 11.5 Å². The first-order valence-corrected chi connectivity index (χ1v) is 5.42. The van der Waals surface area contributed by atoms with Gasteiger partial charge in [-0.05, 0) is 23.7 Å². The van der Waals surface area contributed by atoms with Crippen molar-refractivity contribution in [3.8, 4) is 0 Å². The van der Waals surface area contributed by atoms with Crippen molar-refractivity contribution < 1.29 is 13.9 Å². The van der Waals surface area contributed by atoms with Crippen LogP contribution in [0, 0.1) is 0 Å². The summed E-state index contributed by atoms with van der Waals surface area (Å²) in [6.45, 7) is 0. The minimum atomic E-state index is -3.64. The van der Waals surface area contributed by atoms with Crippen LogP contribution in [0.4, 0.5) is 8.78 Å². The average molecular weight is 261 g/mol. The van der Waals surface area contributed by atoms with Gasteiger partial charge in [0.1, 0.15) is 11.9 Å². The van der Waals surface area contributed by atoms with Crippen LogP contribution < -0.4 is 0 Å². The fourth-order valence-electron chi connectivity index (χ4n) is 1.67. The number of aryl methyl sites for hydroxylation is 1. The minimum absolute atomic E-state index is 0.290. The Labute approximate surface area is 102 Å². The van der Waals surface area contributed by atoms with Gasteiger partial charge in [-0.1, -0.05) is 12.1 Å². The van der Waals surface area contributed by atoms with Crippen molar-refractivity contribution in [3.05, 3.63) is 30.1 Å². The second kappa shape index (κ2) is 4.23. The van der Waals surface area contributed by atoms with E-state index in [9.17, 15) is 13.9 Å². The molecule has 0 aliphatic carbocycles. The van der Waals surface area contributed by atoms with Gasteiger partial charge in [0.15, 0.2) is 0 Å². The number of rotatable bonds is 3. The third kappa shape index (κ3) is 2.40. The number of aromatic nitrogens is 2. The van der Waals surface area contributed by atoms with Crippen LogP contribution >= 0.6 is 11.6 Å². The monoisotopic (exact) mass is 260 g/mol. The molecule has 3 nitrogen and oxygen atoms in total. The SMILES string of the molecule is Cn1c(CC(O)C(F)(F)Cl)nc2ccccc21.